The molecule has 0 spiro atoms. The maximum Gasteiger partial charge on any atom is 0.214 e. The SMILES string of the molecule is Cn1c(-c2ccc(Cl)c(Cl)c2)cn2cc(-c3cccc(Br)c3)nc12. The second kappa shape index (κ2) is 5.96. The minimum atomic E-state index is 0.544. The van der Waals surface area contributed by atoms with Crippen LogP contribution >= 0.6 is 39.1 Å². The van der Waals surface area contributed by atoms with Crippen molar-refractivity contribution in [2.45, 2.75) is 0 Å². The standard InChI is InChI=1S/C18H12BrCl2N3/c1-23-17(12-5-6-14(20)15(21)8-12)10-24-9-16(22-18(23)24)11-3-2-4-13(19)7-11/h2-10H,1H3. The average molecular weight is 421 g/mol. The number of halogens is 3. The fourth-order valence-corrected chi connectivity index (χ4v) is 3.46. The Balaban J connectivity index is 1.82. The molecule has 0 atom stereocenters. The summed E-state index contributed by atoms with van der Waals surface area (Å²) in [5.41, 5.74) is 4.03. The number of rotatable bonds is 2. The van der Waals surface area contributed by atoms with E-state index in [2.05, 4.69) is 22.0 Å². The lowest BCUT2D eigenvalue weighted by Crippen LogP contribution is -1.93. The van der Waals surface area contributed by atoms with Gasteiger partial charge in [0, 0.05) is 35.0 Å². The highest BCUT2D eigenvalue weighted by Crippen LogP contribution is 2.30. The lowest BCUT2D eigenvalue weighted by molar-refractivity contribution is 0.945. The van der Waals surface area contributed by atoms with Gasteiger partial charge in [0.05, 0.1) is 21.4 Å². The molecule has 0 aliphatic rings. The van der Waals surface area contributed by atoms with Crippen molar-refractivity contribution in [2.24, 2.45) is 7.05 Å². The Morgan fingerprint density at radius 2 is 1.79 bits per heavy atom. The molecule has 6 heteroatoms. The van der Waals surface area contributed by atoms with Crippen molar-refractivity contribution in [3.05, 3.63) is 69.4 Å². The second-order valence-electron chi connectivity index (χ2n) is 5.55. The molecule has 0 radical (unpaired) electrons. The largest absolute Gasteiger partial charge is 0.313 e. The summed E-state index contributed by atoms with van der Waals surface area (Å²) in [6.45, 7) is 0. The van der Waals surface area contributed by atoms with Crippen LogP contribution in [0.1, 0.15) is 0 Å². The summed E-state index contributed by atoms with van der Waals surface area (Å²) in [6, 6.07) is 13.7. The van der Waals surface area contributed by atoms with Gasteiger partial charge in [0.25, 0.3) is 0 Å². The molecule has 0 N–H and O–H groups in total. The number of hydrogen-bond acceptors (Lipinski definition) is 1. The smallest absolute Gasteiger partial charge is 0.214 e. The molecule has 0 saturated heterocycles. The van der Waals surface area contributed by atoms with E-state index < -0.39 is 0 Å². The normalized spacial score (nSPS) is 11.3. The molecule has 4 aromatic rings. The van der Waals surface area contributed by atoms with Gasteiger partial charge in [0.1, 0.15) is 0 Å². The molecule has 2 aromatic heterocycles. The number of hydrogen-bond donors (Lipinski definition) is 0. The maximum absolute atomic E-state index is 6.14. The van der Waals surface area contributed by atoms with Gasteiger partial charge in [0.15, 0.2) is 0 Å². The van der Waals surface area contributed by atoms with Gasteiger partial charge in [-0.2, -0.15) is 0 Å². The van der Waals surface area contributed by atoms with Crippen LogP contribution in [0, 0.1) is 0 Å². The topological polar surface area (TPSA) is 22.2 Å². The van der Waals surface area contributed by atoms with E-state index in [1.54, 1.807) is 0 Å². The lowest BCUT2D eigenvalue weighted by Gasteiger charge is -2.04. The predicted octanol–water partition coefficient (Wildman–Crippen LogP) is 6.08. The minimum absolute atomic E-state index is 0.544. The van der Waals surface area contributed by atoms with E-state index in [0.29, 0.717) is 10.0 Å². The van der Waals surface area contributed by atoms with Crippen molar-refractivity contribution in [1.29, 1.82) is 0 Å². The Morgan fingerprint density at radius 3 is 2.50 bits per heavy atom. The number of imidazole rings is 2. The van der Waals surface area contributed by atoms with E-state index in [1.807, 2.05) is 64.8 Å². The van der Waals surface area contributed by atoms with Crippen LogP contribution in [0.2, 0.25) is 10.0 Å². The first kappa shape index (κ1) is 15.8. The quantitative estimate of drug-likeness (QED) is 0.385. The molecule has 2 heterocycles. The zero-order chi connectivity index (χ0) is 16.8. The molecule has 120 valence electrons. The number of fused-ring (bicyclic) bond motifs is 1. The van der Waals surface area contributed by atoms with Crippen molar-refractivity contribution in [3.63, 3.8) is 0 Å². The number of benzene rings is 2. The summed E-state index contributed by atoms with van der Waals surface area (Å²) < 4.78 is 5.10. The van der Waals surface area contributed by atoms with Crippen LogP contribution in [-0.2, 0) is 7.05 Å². The lowest BCUT2D eigenvalue weighted by atomic mass is 10.1. The first-order valence-electron chi connectivity index (χ1n) is 7.29. The summed E-state index contributed by atoms with van der Waals surface area (Å²) >= 11 is 15.6. The summed E-state index contributed by atoms with van der Waals surface area (Å²) in [4.78, 5) is 4.76. The Labute approximate surface area is 157 Å². The molecule has 0 amide bonds. The molecule has 3 nitrogen and oxygen atoms in total. The molecular formula is C18H12BrCl2N3. The molecule has 0 fully saturated rings. The monoisotopic (exact) mass is 419 g/mol. The third kappa shape index (κ3) is 2.65. The molecule has 0 aliphatic heterocycles. The van der Waals surface area contributed by atoms with E-state index in [4.69, 9.17) is 28.2 Å². The highest BCUT2D eigenvalue weighted by atomic mass is 79.9. The number of aromatic nitrogens is 3. The molecule has 24 heavy (non-hydrogen) atoms. The molecule has 0 unspecified atom stereocenters. The van der Waals surface area contributed by atoms with Crippen molar-refractivity contribution < 1.29 is 0 Å². The van der Waals surface area contributed by atoms with Crippen molar-refractivity contribution >= 4 is 44.9 Å². The third-order valence-corrected chi connectivity index (χ3v) is 5.20. The van der Waals surface area contributed by atoms with Crippen LogP contribution in [0.25, 0.3) is 28.3 Å². The Hall–Kier alpha value is -1.75. The molecule has 2 aromatic carbocycles. The zero-order valence-corrected chi connectivity index (χ0v) is 15.8. The van der Waals surface area contributed by atoms with Crippen LogP contribution in [0.15, 0.2) is 59.3 Å². The van der Waals surface area contributed by atoms with Gasteiger partial charge < -0.3 is 4.57 Å². The number of aryl methyl sites for hydroxylation is 1. The highest BCUT2D eigenvalue weighted by Gasteiger charge is 2.13. The molecule has 0 saturated carbocycles. The highest BCUT2D eigenvalue weighted by molar-refractivity contribution is 9.10. The van der Waals surface area contributed by atoms with Gasteiger partial charge >= 0.3 is 0 Å². The van der Waals surface area contributed by atoms with E-state index in [1.165, 1.54) is 0 Å². The first-order valence-corrected chi connectivity index (χ1v) is 8.83. The second-order valence-corrected chi connectivity index (χ2v) is 7.28. The van der Waals surface area contributed by atoms with Crippen molar-refractivity contribution in [2.75, 3.05) is 0 Å². The summed E-state index contributed by atoms with van der Waals surface area (Å²) in [6.07, 6.45) is 4.07. The fraction of sp³-hybridized carbons (Fsp3) is 0.0556. The molecule has 0 aliphatic carbocycles. The first-order chi connectivity index (χ1) is 11.5. The predicted molar refractivity (Wildman–Crippen MR) is 103 cm³/mol. The zero-order valence-electron chi connectivity index (χ0n) is 12.7. The minimum Gasteiger partial charge on any atom is -0.313 e. The third-order valence-electron chi connectivity index (χ3n) is 3.97. The van der Waals surface area contributed by atoms with Gasteiger partial charge in [-0.05, 0) is 24.3 Å². The summed E-state index contributed by atoms with van der Waals surface area (Å²) in [7, 11) is 1.99. The molecular weight excluding hydrogens is 409 g/mol. The van der Waals surface area contributed by atoms with Crippen LogP contribution in [0.3, 0.4) is 0 Å². The number of nitrogens with zero attached hydrogens (tertiary/aromatic N) is 3. The van der Waals surface area contributed by atoms with Crippen molar-refractivity contribution in [3.8, 4) is 22.5 Å². The van der Waals surface area contributed by atoms with Crippen LogP contribution in [0.5, 0.6) is 0 Å². The van der Waals surface area contributed by atoms with E-state index in [-0.39, 0.29) is 0 Å². The van der Waals surface area contributed by atoms with Gasteiger partial charge in [0.2, 0.25) is 5.78 Å². The molecule has 0 bridgehead atoms. The maximum atomic E-state index is 6.14. The molecule has 4 rings (SSSR count). The van der Waals surface area contributed by atoms with Crippen LogP contribution in [-0.4, -0.2) is 14.0 Å². The van der Waals surface area contributed by atoms with Crippen LogP contribution < -0.4 is 0 Å². The van der Waals surface area contributed by atoms with Crippen LogP contribution in [0.4, 0.5) is 0 Å². The van der Waals surface area contributed by atoms with E-state index in [9.17, 15) is 0 Å². The fourth-order valence-electron chi connectivity index (χ4n) is 2.76. The van der Waals surface area contributed by atoms with Crippen molar-refractivity contribution in [1.82, 2.24) is 14.0 Å². The Kier molecular flexibility index (Phi) is 3.91. The summed E-state index contributed by atoms with van der Waals surface area (Å²) in [5.74, 6) is 0.867. The Bertz CT molecular complexity index is 1070. The van der Waals surface area contributed by atoms with Gasteiger partial charge in [-0.1, -0.05) is 57.3 Å². The summed E-state index contributed by atoms with van der Waals surface area (Å²) in [5, 5.41) is 1.10. The van der Waals surface area contributed by atoms with Gasteiger partial charge in [-0.25, -0.2) is 4.98 Å². The van der Waals surface area contributed by atoms with E-state index in [0.717, 1.165) is 32.8 Å². The van der Waals surface area contributed by atoms with E-state index >= 15 is 0 Å². The van der Waals surface area contributed by atoms with Gasteiger partial charge in [-0.3, -0.25) is 4.40 Å². The Morgan fingerprint density at radius 1 is 0.958 bits per heavy atom. The average Bonchev–Trinajstić information content (AvgIpc) is 3.10. The van der Waals surface area contributed by atoms with Gasteiger partial charge in [-0.15, -0.1) is 0 Å².